The summed E-state index contributed by atoms with van der Waals surface area (Å²) in [6.45, 7) is 0. The van der Waals surface area contributed by atoms with Gasteiger partial charge in [0.25, 0.3) is 0 Å². The maximum absolute atomic E-state index is 6.16. The van der Waals surface area contributed by atoms with Crippen LogP contribution >= 0.6 is 11.6 Å². The van der Waals surface area contributed by atoms with Crippen molar-refractivity contribution >= 4 is 33.3 Å². The molecule has 24 heavy (non-hydrogen) atoms. The van der Waals surface area contributed by atoms with Gasteiger partial charge >= 0.3 is 0 Å². The van der Waals surface area contributed by atoms with Crippen LogP contribution in [0.4, 0.5) is 0 Å². The number of benzene rings is 2. The Morgan fingerprint density at radius 1 is 0.875 bits per heavy atom. The van der Waals surface area contributed by atoms with Gasteiger partial charge in [-0.2, -0.15) is 0 Å². The lowest BCUT2D eigenvalue weighted by atomic mass is 9.48. The van der Waals surface area contributed by atoms with Crippen LogP contribution in [0, 0.1) is 17.8 Å². The predicted molar refractivity (Wildman–Crippen MR) is 98.6 cm³/mol. The third-order valence-corrected chi connectivity index (χ3v) is 7.36. The molecule has 0 radical (unpaired) electrons. The van der Waals surface area contributed by atoms with Crippen LogP contribution in [0.3, 0.4) is 0 Å². The van der Waals surface area contributed by atoms with E-state index in [9.17, 15) is 0 Å². The second-order valence-corrected chi connectivity index (χ2v) is 9.09. The minimum Gasteiger partial charge on any atom is -0.463 e. The smallest absolute Gasteiger partial charge is 0.141 e. The molecule has 4 aliphatic rings. The third kappa shape index (κ3) is 1.77. The van der Waals surface area contributed by atoms with Gasteiger partial charge in [0.2, 0.25) is 0 Å². The van der Waals surface area contributed by atoms with E-state index >= 15 is 0 Å². The van der Waals surface area contributed by atoms with Crippen molar-refractivity contribution in [2.24, 2.45) is 17.8 Å². The molecule has 1 aromatic heterocycles. The largest absolute Gasteiger partial charge is 0.463 e. The van der Waals surface area contributed by atoms with E-state index < -0.39 is 0 Å². The first-order valence-electron chi connectivity index (χ1n) is 9.30. The molecule has 2 heteroatoms. The minimum atomic E-state index is 0.389. The lowest BCUT2D eigenvalue weighted by Crippen LogP contribution is -2.48. The van der Waals surface area contributed by atoms with Crippen LogP contribution in [0.25, 0.3) is 21.7 Å². The molecule has 0 saturated heterocycles. The van der Waals surface area contributed by atoms with Crippen LogP contribution in [-0.4, -0.2) is 0 Å². The van der Waals surface area contributed by atoms with E-state index in [4.69, 9.17) is 16.0 Å². The summed E-state index contributed by atoms with van der Waals surface area (Å²) in [5.41, 5.74) is 2.93. The molecule has 7 rings (SSSR count). The van der Waals surface area contributed by atoms with E-state index in [0.29, 0.717) is 5.41 Å². The maximum atomic E-state index is 6.16. The van der Waals surface area contributed by atoms with E-state index in [-0.39, 0.29) is 0 Å². The first-order chi connectivity index (χ1) is 11.7. The molecular formula is C22H21ClO. The van der Waals surface area contributed by atoms with Crippen molar-refractivity contribution in [3.63, 3.8) is 0 Å². The number of fused-ring (bicyclic) bond motifs is 3. The van der Waals surface area contributed by atoms with E-state index in [0.717, 1.165) is 28.4 Å². The van der Waals surface area contributed by atoms with Crippen LogP contribution in [0.1, 0.15) is 44.1 Å². The van der Waals surface area contributed by atoms with Gasteiger partial charge < -0.3 is 4.42 Å². The summed E-state index contributed by atoms with van der Waals surface area (Å²) in [5.74, 6) is 2.88. The Morgan fingerprint density at radius 3 is 2.25 bits per heavy atom. The molecule has 1 nitrogen and oxygen atoms in total. The van der Waals surface area contributed by atoms with Crippen molar-refractivity contribution in [3.05, 3.63) is 47.2 Å². The highest BCUT2D eigenvalue weighted by atomic mass is 35.5. The molecule has 0 unspecified atom stereocenters. The average Bonchev–Trinajstić information content (AvgIpc) is 2.98. The first kappa shape index (κ1) is 13.8. The standard InChI is InChI=1S/C22H21ClO/c23-17-2-4-18-16(8-17)1-3-19-20(12-24-21(18)19)22-9-13-5-14(10-22)7-15(6-13)11-22/h1-4,8,12-15H,5-7,9-11H2. The fraction of sp³-hybridized carbons (Fsp3) is 0.455. The van der Waals surface area contributed by atoms with E-state index in [2.05, 4.69) is 24.5 Å². The van der Waals surface area contributed by atoms with E-state index in [1.165, 1.54) is 60.2 Å². The highest BCUT2D eigenvalue weighted by Gasteiger charge is 2.52. The Balaban J connectivity index is 1.57. The molecule has 4 bridgehead atoms. The number of hydrogen-bond acceptors (Lipinski definition) is 1. The Kier molecular flexibility index (Phi) is 2.63. The molecule has 122 valence electrons. The van der Waals surface area contributed by atoms with Gasteiger partial charge in [0.05, 0.1) is 6.26 Å². The zero-order chi connectivity index (χ0) is 15.9. The summed E-state index contributed by atoms with van der Waals surface area (Å²) in [7, 11) is 0. The second-order valence-electron chi connectivity index (χ2n) is 8.65. The minimum absolute atomic E-state index is 0.389. The van der Waals surface area contributed by atoms with Crippen LogP contribution < -0.4 is 0 Å². The number of halogens is 1. The van der Waals surface area contributed by atoms with Crippen molar-refractivity contribution in [1.29, 1.82) is 0 Å². The van der Waals surface area contributed by atoms with Gasteiger partial charge in [-0.15, -0.1) is 0 Å². The van der Waals surface area contributed by atoms with Crippen LogP contribution in [0.15, 0.2) is 41.0 Å². The Labute approximate surface area is 147 Å². The van der Waals surface area contributed by atoms with Crippen LogP contribution in [0.5, 0.6) is 0 Å². The molecule has 4 aliphatic carbocycles. The fourth-order valence-electron chi connectivity index (χ4n) is 6.64. The lowest BCUT2D eigenvalue weighted by molar-refractivity contribution is -0.00483. The van der Waals surface area contributed by atoms with Crippen molar-refractivity contribution in [3.8, 4) is 0 Å². The number of rotatable bonds is 1. The second kappa shape index (κ2) is 4.58. The molecular weight excluding hydrogens is 316 g/mol. The molecule has 0 aliphatic heterocycles. The van der Waals surface area contributed by atoms with Gasteiger partial charge in [-0.25, -0.2) is 0 Å². The Hall–Kier alpha value is -1.47. The fourth-order valence-corrected chi connectivity index (χ4v) is 6.82. The van der Waals surface area contributed by atoms with Crippen LogP contribution in [0.2, 0.25) is 5.02 Å². The van der Waals surface area contributed by atoms with Gasteiger partial charge in [-0.05, 0) is 85.3 Å². The molecule has 0 atom stereocenters. The average molecular weight is 337 g/mol. The van der Waals surface area contributed by atoms with Gasteiger partial charge in [0, 0.05) is 21.4 Å². The summed E-state index contributed by atoms with van der Waals surface area (Å²) in [6, 6.07) is 10.6. The number of furan rings is 1. The maximum Gasteiger partial charge on any atom is 0.141 e. The predicted octanol–water partition coefficient (Wildman–Crippen LogP) is 6.71. The monoisotopic (exact) mass is 336 g/mol. The molecule has 0 N–H and O–H groups in total. The highest BCUT2D eigenvalue weighted by molar-refractivity contribution is 6.31. The first-order valence-corrected chi connectivity index (χ1v) is 9.68. The summed E-state index contributed by atoms with van der Waals surface area (Å²) in [5, 5.41) is 4.48. The number of hydrogen-bond donors (Lipinski definition) is 0. The molecule has 4 fully saturated rings. The molecule has 2 aromatic carbocycles. The molecule has 4 saturated carbocycles. The van der Waals surface area contributed by atoms with Gasteiger partial charge in [0.1, 0.15) is 5.58 Å². The summed E-state index contributed by atoms with van der Waals surface area (Å²) >= 11 is 6.16. The zero-order valence-corrected chi connectivity index (χ0v) is 14.5. The Morgan fingerprint density at radius 2 is 1.54 bits per heavy atom. The quantitative estimate of drug-likeness (QED) is 0.481. The summed E-state index contributed by atoms with van der Waals surface area (Å²) in [4.78, 5) is 0. The normalized spacial score (nSPS) is 34.5. The SMILES string of the molecule is Clc1ccc2c(ccc3c(C45CC6CC(CC(C6)C4)C5)coc32)c1. The van der Waals surface area contributed by atoms with Gasteiger partial charge in [0.15, 0.2) is 0 Å². The van der Waals surface area contributed by atoms with Gasteiger partial charge in [-0.1, -0.05) is 23.7 Å². The third-order valence-electron chi connectivity index (χ3n) is 7.13. The summed E-state index contributed by atoms with van der Waals surface area (Å²) < 4.78 is 6.15. The van der Waals surface area contributed by atoms with Crippen molar-refractivity contribution in [2.45, 2.75) is 43.9 Å². The highest BCUT2D eigenvalue weighted by Crippen LogP contribution is 2.61. The topological polar surface area (TPSA) is 13.1 Å². The van der Waals surface area contributed by atoms with Crippen molar-refractivity contribution in [2.75, 3.05) is 0 Å². The van der Waals surface area contributed by atoms with Gasteiger partial charge in [-0.3, -0.25) is 0 Å². The van der Waals surface area contributed by atoms with Crippen molar-refractivity contribution in [1.82, 2.24) is 0 Å². The molecule has 3 aromatic rings. The lowest BCUT2D eigenvalue weighted by Gasteiger charge is -2.56. The van der Waals surface area contributed by atoms with Crippen LogP contribution in [-0.2, 0) is 5.41 Å². The molecule has 0 spiro atoms. The summed E-state index contributed by atoms with van der Waals surface area (Å²) in [6.07, 6.45) is 10.7. The Bertz CT molecular complexity index is 931. The van der Waals surface area contributed by atoms with E-state index in [1.54, 1.807) is 0 Å². The molecule has 0 amide bonds. The van der Waals surface area contributed by atoms with E-state index in [1.807, 2.05) is 12.1 Å². The van der Waals surface area contributed by atoms with Crippen molar-refractivity contribution < 1.29 is 4.42 Å². The molecule has 1 heterocycles. The zero-order valence-electron chi connectivity index (χ0n) is 13.7.